The highest BCUT2D eigenvalue weighted by atomic mass is 35.5. The monoisotopic (exact) mass is 490 g/mol. The number of halogens is 2. The number of nitrogens with one attached hydrogen (secondary N) is 2. The van der Waals surface area contributed by atoms with E-state index in [1.807, 2.05) is 0 Å². The fourth-order valence-corrected chi connectivity index (χ4v) is 4.26. The summed E-state index contributed by atoms with van der Waals surface area (Å²) in [6.45, 7) is 6.57. The van der Waals surface area contributed by atoms with Crippen LogP contribution in [0.5, 0.6) is 5.75 Å². The molecule has 0 bridgehead atoms. The summed E-state index contributed by atoms with van der Waals surface area (Å²) in [4.78, 5) is 24.9. The smallest absolute Gasteiger partial charge is 0.276 e. The molecule has 3 heterocycles. The van der Waals surface area contributed by atoms with Gasteiger partial charge in [-0.1, -0.05) is 23.2 Å². The van der Waals surface area contributed by atoms with E-state index in [-0.39, 0.29) is 17.4 Å². The molecule has 0 aromatic heterocycles. The van der Waals surface area contributed by atoms with Crippen LogP contribution in [-0.4, -0.2) is 60.7 Å². The van der Waals surface area contributed by atoms with Crippen LogP contribution in [0.3, 0.4) is 0 Å². The van der Waals surface area contributed by atoms with Crippen LogP contribution in [0.1, 0.15) is 27.7 Å². The summed E-state index contributed by atoms with van der Waals surface area (Å²) in [6.07, 6.45) is -3.84. The Hall–Kier alpha value is -1.66. The van der Waals surface area contributed by atoms with Crippen LogP contribution < -0.4 is 15.6 Å². The number of carbonyl (C=O) groups excluding carboxylic acids is 2. The molecule has 1 aromatic rings. The molecular weight excluding hydrogens is 467 g/mol. The van der Waals surface area contributed by atoms with Crippen molar-refractivity contribution in [2.75, 3.05) is 6.61 Å². The largest absolute Gasteiger partial charge is 0.482 e. The molecule has 4 rings (SSSR count). The number of rotatable bonds is 4. The van der Waals surface area contributed by atoms with Crippen LogP contribution >= 0.6 is 23.2 Å². The van der Waals surface area contributed by atoms with Gasteiger partial charge in [0.15, 0.2) is 30.6 Å². The van der Waals surface area contributed by atoms with Gasteiger partial charge in [-0.05, 0) is 45.9 Å². The molecule has 2 N–H and O–H groups in total. The molecule has 0 aliphatic carbocycles. The van der Waals surface area contributed by atoms with Gasteiger partial charge in [0.25, 0.3) is 11.8 Å². The van der Waals surface area contributed by atoms with Crippen LogP contribution in [0.2, 0.25) is 10.0 Å². The minimum Gasteiger partial charge on any atom is -0.482 e. The Morgan fingerprint density at radius 1 is 0.969 bits per heavy atom. The summed E-state index contributed by atoms with van der Waals surface area (Å²) in [6, 6.07) is 4.60. The van der Waals surface area contributed by atoms with E-state index in [0.29, 0.717) is 5.02 Å². The van der Waals surface area contributed by atoms with Gasteiger partial charge in [-0.25, -0.2) is 0 Å². The number of fused-ring (bicyclic) bond motifs is 3. The van der Waals surface area contributed by atoms with Crippen LogP contribution in [0.4, 0.5) is 0 Å². The van der Waals surface area contributed by atoms with E-state index in [2.05, 4.69) is 10.9 Å². The van der Waals surface area contributed by atoms with E-state index in [4.69, 9.17) is 51.6 Å². The Morgan fingerprint density at radius 3 is 2.34 bits per heavy atom. The first-order valence-corrected chi connectivity index (χ1v) is 10.7. The number of benzene rings is 1. The van der Waals surface area contributed by atoms with Crippen LogP contribution in [0.25, 0.3) is 0 Å². The minimum absolute atomic E-state index is 0.258. The zero-order chi connectivity index (χ0) is 23.3. The van der Waals surface area contributed by atoms with Crippen molar-refractivity contribution in [3.05, 3.63) is 28.2 Å². The van der Waals surface area contributed by atoms with Crippen molar-refractivity contribution in [1.82, 2.24) is 10.9 Å². The third kappa shape index (κ3) is 4.96. The van der Waals surface area contributed by atoms with Crippen molar-refractivity contribution in [2.24, 2.45) is 0 Å². The number of amides is 2. The molecule has 0 spiro atoms. The molecule has 12 heteroatoms. The molecule has 0 saturated carbocycles. The Labute approximate surface area is 194 Å². The molecule has 3 aliphatic rings. The minimum atomic E-state index is -1.10. The van der Waals surface area contributed by atoms with Gasteiger partial charge in [0.2, 0.25) is 0 Å². The molecule has 3 saturated heterocycles. The lowest BCUT2D eigenvalue weighted by Crippen LogP contribution is -2.61. The number of hydrogen-bond acceptors (Lipinski definition) is 8. The van der Waals surface area contributed by atoms with Gasteiger partial charge in [0, 0.05) is 5.02 Å². The topological polar surface area (TPSA) is 114 Å². The molecule has 10 nitrogen and oxygen atoms in total. The second-order valence-electron chi connectivity index (χ2n) is 8.49. The highest BCUT2D eigenvalue weighted by molar-refractivity contribution is 6.35. The predicted octanol–water partition coefficient (Wildman–Crippen LogP) is 1.92. The van der Waals surface area contributed by atoms with Gasteiger partial charge >= 0.3 is 0 Å². The summed E-state index contributed by atoms with van der Waals surface area (Å²) in [5, 5.41) is 0.696. The number of carbonyl (C=O) groups is 2. The zero-order valence-corrected chi connectivity index (χ0v) is 19.4. The van der Waals surface area contributed by atoms with E-state index in [1.54, 1.807) is 33.8 Å². The Kier molecular flexibility index (Phi) is 6.32. The van der Waals surface area contributed by atoms with Crippen molar-refractivity contribution in [3.63, 3.8) is 0 Å². The molecule has 1 aromatic carbocycles. The summed E-state index contributed by atoms with van der Waals surface area (Å²) in [5.74, 6) is -2.82. The van der Waals surface area contributed by atoms with Crippen molar-refractivity contribution in [1.29, 1.82) is 0 Å². The van der Waals surface area contributed by atoms with Crippen molar-refractivity contribution >= 4 is 35.0 Å². The lowest BCUT2D eigenvalue weighted by molar-refractivity contribution is -0.231. The third-order valence-corrected chi connectivity index (χ3v) is 5.52. The van der Waals surface area contributed by atoms with Gasteiger partial charge in [0.05, 0.1) is 5.02 Å². The van der Waals surface area contributed by atoms with Gasteiger partial charge in [-0.15, -0.1) is 0 Å². The molecule has 0 unspecified atom stereocenters. The first-order valence-electron chi connectivity index (χ1n) is 9.97. The highest BCUT2D eigenvalue weighted by Crippen LogP contribution is 2.44. The normalized spacial score (nSPS) is 32.0. The van der Waals surface area contributed by atoms with Gasteiger partial charge in [-0.3, -0.25) is 20.4 Å². The quantitative estimate of drug-likeness (QED) is 0.615. The maximum absolute atomic E-state index is 12.8. The summed E-state index contributed by atoms with van der Waals surface area (Å²) >= 11 is 11.8. The average Bonchev–Trinajstić information content (AvgIpc) is 3.18. The highest BCUT2D eigenvalue weighted by Gasteiger charge is 2.62. The molecule has 32 heavy (non-hydrogen) atoms. The number of hydrazine groups is 1. The molecule has 3 fully saturated rings. The van der Waals surface area contributed by atoms with Crippen molar-refractivity contribution < 1.29 is 38.0 Å². The van der Waals surface area contributed by atoms with Crippen molar-refractivity contribution in [2.45, 2.75) is 70.0 Å². The van der Waals surface area contributed by atoms with Crippen LogP contribution in [-0.2, 0) is 33.3 Å². The summed E-state index contributed by atoms with van der Waals surface area (Å²) < 4.78 is 34.7. The first kappa shape index (κ1) is 23.5. The summed E-state index contributed by atoms with van der Waals surface area (Å²) in [5.41, 5.74) is 4.60. The van der Waals surface area contributed by atoms with E-state index in [9.17, 15) is 9.59 Å². The molecule has 3 aliphatic heterocycles. The van der Waals surface area contributed by atoms with Crippen LogP contribution in [0.15, 0.2) is 18.2 Å². The molecular formula is C20H24Cl2N2O8. The number of ether oxygens (including phenoxy) is 6. The standard InChI is InChI=1S/C20H24Cl2N2O8/c1-19(2)29-13-14(30-19)16-18(32-20(3,4)31-16)28-15(13)17(26)24-23-12(25)8-27-11-6-5-9(21)7-10(11)22/h5-7,13-16,18H,8H2,1-4H3,(H,23,25)(H,24,26)/t13-,14+,15+,16+,18+/m1/s1. The Bertz CT molecular complexity index is 912. The number of hydrogen-bond donors (Lipinski definition) is 2. The lowest BCUT2D eigenvalue weighted by Gasteiger charge is -2.36. The molecule has 2 amide bonds. The molecule has 5 atom stereocenters. The van der Waals surface area contributed by atoms with Gasteiger partial charge in [-0.2, -0.15) is 0 Å². The maximum Gasteiger partial charge on any atom is 0.276 e. The second-order valence-corrected chi connectivity index (χ2v) is 9.33. The van der Waals surface area contributed by atoms with Gasteiger partial charge < -0.3 is 28.4 Å². The fraction of sp³-hybridized carbons (Fsp3) is 0.600. The van der Waals surface area contributed by atoms with Gasteiger partial charge in [0.1, 0.15) is 24.1 Å². The zero-order valence-electron chi connectivity index (χ0n) is 17.8. The van der Waals surface area contributed by atoms with Crippen molar-refractivity contribution in [3.8, 4) is 5.75 Å². The average molecular weight is 491 g/mol. The SMILES string of the molecule is CC1(C)O[C@@H]2O[C@H](C(=O)NNC(=O)COc3ccc(Cl)cc3Cl)[C@@H]3OC(C)(C)O[C@@H]3[C@@H]2O1. The Balaban J connectivity index is 1.35. The van der Waals surface area contributed by atoms with E-state index >= 15 is 0 Å². The second kappa shape index (κ2) is 8.60. The maximum atomic E-state index is 12.8. The van der Waals surface area contributed by atoms with E-state index in [0.717, 1.165) is 0 Å². The van der Waals surface area contributed by atoms with Crippen LogP contribution in [0, 0.1) is 0 Å². The van der Waals surface area contributed by atoms with E-state index < -0.39 is 54.1 Å². The lowest BCUT2D eigenvalue weighted by atomic mass is 9.98. The van der Waals surface area contributed by atoms with E-state index in [1.165, 1.54) is 12.1 Å². The first-order chi connectivity index (χ1) is 14.9. The molecule has 0 radical (unpaired) electrons. The molecule has 176 valence electrons. The Morgan fingerprint density at radius 2 is 1.62 bits per heavy atom. The fourth-order valence-electron chi connectivity index (χ4n) is 3.80. The summed E-state index contributed by atoms with van der Waals surface area (Å²) in [7, 11) is 0. The third-order valence-electron chi connectivity index (χ3n) is 4.99. The predicted molar refractivity (Wildman–Crippen MR) is 111 cm³/mol.